The molecule has 1 heterocycles. The molecule has 1 aromatic carbocycles. The van der Waals surface area contributed by atoms with Gasteiger partial charge in [0.15, 0.2) is 0 Å². The first kappa shape index (κ1) is 15.0. The molecule has 0 atom stereocenters. The van der Waals surface area contributed by atoms with Crippen LogP contribution in [0, 0.1) is 11.8 Å². The maximum absolute atomic E-state index is 12.5. The van der Waals surface area contributed by atoms with E-state index in [0.29, 0.717) is 5.56 Å². The molecule has 4 heteroatoms. The molecule has 0 radical (unpaired) electrons. The number of nitrogens with zero attached hydrogens (tertiary/aromatic N) is 1. The number of aliphatic hydroxyl groups is 1. The summed E-state index contributed by atoms with van der Waals surface area (Å²) in [7, 11) is 0. The monoisotopic (exact) mass is 289 g/mol. The molecule has 0 spiro atoms. The van der Waals surface area contributed by atoms with Gasteiger partial charge in [-0.1, -0.05) is 17.9 Å². The molecule has 1 N–H and O–H groups in total. The van der Waals surface area contributed by atoms with Crippen LogP contribution in [0.3, 0.4) is 0 Å². The van der Waals surface area contributed by atoms with Gasteiger partial charge >= 0.3 is 0 Å². The topological polar surface area (TPSA) is 40.5 Å². The minimum Gasteiger partial charge on any atom is -0.384 e. The smallest absolute Gasteiger partial charge is 0.253 e. The van der Waals surface area contributed by atoms with Crippen LogP contribution in [0.25, 0.3) is 0 Å². The van der Waals surface area contributed by atoms with Crippen LogP contribution in [0.15, 0.2) is 24.3 Å². The van der Waals surface area contributed by atoms with E-state index in [1.807, 2.05) is 34.9 Å². The van der Waals surface area contributed by atoms with E-state index in [4.69, 9.17) is 5.11 Å². The summed E-state index contributed by atoms with van der Waals surface area (Å²) in [6, 6.07) is 7.29. The molecule has 0 unspecified atom stereocenters. The van der Waals surface area contributed by atoms with Gasteiger partial charge in [0.25, 0.3) is 5.91 Å². The van der Waals surface area contributed by atoms with Crippen molar-refractivity contribution in [2.45, 2.75) is 18.6 Å². The Balaban J connectivity index is 2.16. The largest absolute Gasteiger partial charge is 0.384 e. The molecule has 1 aliphatic rings. The zero-order valence-electron chi connectivity index (χ0n) is 11.8. The molecular formula is C16H19NO2S. The van der Waals surface area contributed by atoms with Gasteiger partial charge in [-0.05, 0) is 32.0 Å². The highest BCUT2D eigenvalue weighted by Crippen LogP contribution is 2.30. The van der Waals surface area contributed by atoms with Crippen molar-refractivity contribution in [1.82, 2.24) is 4.90 Å². The van der Waals surface area contributed by atoms with E-state index < -0.39 is 0 Å². The SMILES string of the molecule is CC1(C)CN(C(=O)c2cccc(C#CCO)c2)CCS1. The maximum atomic E-state index is 12.5. The van der Waals surface area contributed by atoms with Crippen LogP contribution in [0.4, 0.5) is 0 Å². The molecular weight excluding hydrogens is 270 g/mol. The highest BCUT2D eigenvalue weighted by Gasteiger charge is 2.30. The molecule has 20 heavy (non-hydrogen) atoms. The third-order valence-electron chi connectivity index (χ3n) is 3.13. The third-order valence-corrected chi connectivity index (χ3v) is 4.43. The van der Waals surface area contributed by atoms with Gasteiger partial charge in [-0.25, -0.2) is 0 Å². The molecule has 1 amide bonds. The molecule has 0 aliphatic carbocycles. The van der Waals surface area contributed by atoms with Crippen LogP contribution in [0.1, 0.15) is 29.8 Å². The molecule has 3 nitrogen and oxygen atoms in total. The second kappa shape index (κ2) is 6.34. The highest BCUT2D eigenvalue weighted by molar-refractivity contribution is 8.00. The highest BCUT2D eigenvalue weighted by atomic mass is 32.2. The molecule has 1 aliphatic heterocycles. The Morgan fingerprint density at radius 1 is 1.50 bits per heavy atom. The fourth-order valence-corrected chi connectivity index (χ4v) is 3.36. The van der Waals surface area contributed by atoms with Crippen molar-refractivity contribution in [2.75, 3.05) is 25.4 Å². The summed E-state index contributed by atoms with van der Waals surface area (Å²) in [6.45, 7) is 5.72. The van der Waals surface area contributed by atoms with Crippen molar-refractivity contribution < 1.29 is 9.90 Å². The van der Waals surface area contributed by atoms with Crippen LogP contribution in [-0.4, -0.2) is 46.1 Å². The molecule has 1 fully saturated rings. The van der Waals surface area contributed by atoms with E-state index in [0.717, 1.165) is 24.4 Å². The Bertz CT molecular complexity index is 557. The lowest BCUT2D eigenvalue weighted by molar-refractivity contribution is 0.0748. The van der Waals surface area contributed by atoms with E-state index in [-0.39, 0.29) is 17.3 Å². The number of amides is 1. The summed E-state index contributed by atoms with van der Waals surface area (Å²) >= 11 is 1.91. The lowest BCUT2D eigenvalue weighted by Gasteiger charge is -2.37. The van der Waals surface area contributed by atoms with Gasteiger partial charge < -0.3 is 10.0 Å². The molecule has 1 aromatic rings. The molecule has 0 aromatic heterocycles. The zero-order chi connectivity index (χ0) is 14.6. The zero-order valence-corrected chi connectivity index (χ0v) is 12.7. The predicted molar refractivity (Wildman–Crippen MR) is 82.8 cm³/mol. The number of aliphatic hydroxyl groups excluding tert-OH is 1. The summed E-state index contributed by atoms with van der Waals surface area (Å²) in [4.78, 5) is 14.4. The molecule has 0 saturated carbocycles. The second-order valence-corrected chi connectivity index (χ2v) is 7.18. The number of hydrogen-bond donors (Lipinski definition) is 1. The quantitative estimate of drug-likeness (QED) is 0.804. The second-order valence-electron chi connectivity index (χ2n) is 5.38. The van der Waals surface area contributed by atoms with Crippen LogP contribution >= 0.6 is 11.8 Å². The first-order chi connectivity index (χ1) is 9.52. The summed E-state index contributed by atoms with van der Waals surface area (Å²) in [6.07, 6.45) is 0. The van der Waals surface area contributed by atoms with Gasteiger partial charge in [-0.15, -0.1) is 0 Å². The van der Waals surface area contributed by atoms with Gasteiger partial charge in [0.1, 0.15) is 6.61 Å². The molecule has 0 bridgehead atoms. The Hall–Kier alpha value is -1.44. The number of rotatable bonds is 1. The Morgan fingerprint density at radius 2 is 2.30 bits per heavy atom. The number of carbonyl (C=O) groups excluding carboxylic acids is 1. The number of thioether (sulfide) groups is 1. The molecule has 1 saturated heterocycles. The minimum absolute atomic E-state index is 0.0611. The van der Waals surface area contributed by atoms with E-state index in [1.165, 1.54) is 0 Å². The lowest BCUT2D eigenvalue weighted by atomic mass is 10.1. The van der Waals surface area contributed by atoms with Gasteiger partial charge in [-0.3, -0.25) is 4.79 Å². The fraction of sp³-hybridized carbons (Fsp3) is 0.438. The standard InChI is InChI=1S/C16H19NO2S/c1-16(2)12-17(8-10-20-16)15(19)14-7-3-5-13(11-14)6-4-9-18/h3,5,7,11,18H,8-10,12H2,1-2H3. The fourth-order valence-electron chi connectivity index (χ4n) is 2.24. The van der Waals surface area contributed by atoms with E-state index in [9.17, 15) is 4.79 Å². The minimum atomic E-state index is -0.171. The van der Waals surface area contributed by atoms with Gasteiger partial charge in [0.2, 0.25) is 0 Å². The Morgan fingerprint density at radius 3 is 3.00 bits per heavy atom. The predicted octanol–water partition coefficient (Wildman–Crippen LogP) is 2.00. The number of carbonyl (C=O) groups is 1. The van der Waals surface area contributed by atoms with Gasteiger partial charge in [0, 0.05) is 34.7 Å². The number of hydrogen-bond acceptors (Lipinski definition) is 3. The average Bonchev–Trinajstić information content (AvgIpc) is 2.43. The Kier molecular flexibility index (Phi) is 4.74. The molecule has 2 rings (SSSR count). The molecule has 106 valence electrons. The first-order valence-electron chi connectivity index (χ1n) is 6.65. The van der Waals surface area contributed by atoms with Crippen molar-refractivity contribution in [2.24, 2.45) is 0 Å². The van der Waals surface area contributed by atoms with Crippen molar-refractivity contribution in [3.8, 4) is 11.8 Å². The summed E-state index contributed by atoms with van der Waals surface area (Å²) in [5.74, 6) is 6.47. The van der Waals surface area contributed by atoms with E-state index >= 15 is 0 Å². The third kappa shape index (κ3) is 3.78. The summed E-state index contributed by atoms with van der Waals surface area (Å²) < 4.78 is 0.113. The van der Waals surface area contributed by atoms with E-state index in [2.05, 4.69) is 25.7 Å². The van der Waals surface area contributed by atoms with Crippen molar-refractivity contribution >= 4 is 17.7 Å². The van der Waals surface area contributed by atoms with Crippen molar-refractivity contribution in [3.05, 3.63) is 35.4 Å². The first-order valence-corrected chi connectivity index (χ1v) is 7.63. The number of benzene rings is 1. The Labute approximate surface area is 124 Å². The normalized spacial score (nSPS) is 17.2. The maximum Gasteiger partial charge on any atom is 0.253 e. The average molecular weight is 289 g/mol. The van der Waals surface area contributed by atoms with Crippen molar-refractivity contribution in [1.29, 1.82) is 0 Å². The van der Waals surface area contributed by atoms with Gasteiger partial charge in [0.05, 0.1) is 0 Å². The van der Waals surface area contributed by atoms with Crippen LogP contribution < -0.4 is 0 Å². The van der Waals surface area contributed by atoms with Crippen LogP contribution in [-0.2, 0) is 0 Å². The van der Waals surface area contributed by atoms with Crippen molar-refractivity contribution in [3.63, 3.8) is 0 Å². The summed E-state index contributed by atoms with van der Waals surface area (Å²) in [5, 5.41) is 8.72. The van der Waals surface area contributed by atoms with E-state index in [1.54, 1.807) is 6.07 Å². The summed E-state index contributed by atoms with van der Waals surface area (Å²) in [5.41, 5.74) is 1.42. The van der Waals surface area contributed by atoms with Crippen LogP contribution in [0.5, 0.6) is 0 Å². The van der Waals surface area contributed by atoms with Crippen LogP contribution in [0.2, 0.25) is 0 Å². The van der Waals surface area contributed by atoms with Gasteiger partial charge in [-0.2, -0.15) is 11.8 Å². The lowest BCUT2D eigenvalue weighted by Crippen LogP contribution is -2.46.